The van der Waals surface area contributed by atoms with E-state index in [1.165, 1.54) is 5.56 Å². The van der Waals surface area contributed by atoms with Gasteiger partial charge in [0, 0.05) is 12.2 Å². The number of hydrogen-bond donors (Lipinski definition) is 0. The van der Waals surface area contributed by atoms with Crippen LogP contribution in [0.1, 0.15) is 25.8 Å². The van der Waals surface area contributed by atoms with Gasteiger partial charge in [-0.25, -0.2) is 0 Å². The molecule has 80 valence electrons. The van der Waals surface area contributed by atoms with Crippen molar-refractivity contribution >= 4 is 0 Å². The minimum Gasteiger partial charge on any atom is -0.492 e. The van der Waals surface area contributed by atoms with Gasteiger partial charge >= 0.3 is 0 Å². The van der Waals surface area contributed by atoms with E-state index in [2.05, 4.69) is 32.0 Å². The molecule has 0 N–H and O–H groups in total. The molecule has 1 saturated heterocycles. The maximum atomic E-state index is 5.85. The van der Waals surface area contributed by atoms with Crippen molar-refractivity contribution in [3.63, 3.8) is 0 Å². The molecule has 0 bridgehead atoms. The van der Waals surface area contributed by atoms with E-state index in [0.29, 0.717) is 0 Å². The van der Waals surface area contributed by atoms with Crippen LogP contribution in [0.5, 0.6) is 5.75 Å². The van der Waals surface area contributed by atoms with Gasteiger partial charge in [0.15, 0.2) is 0 Å². The Morgan fingerprint density at radius 2 is 2.00 bits per heavy atom. The van der Waals surface area contributed by atoms with Gasteiger partial charge in [0.1, 0.15) is 12.4 Å². The third kappa shape index (κ3) is 1.03. The second-order valence-corrected chi connectivity index (χ2v) is 4.98. The molecule has 3 rings (SSSR count). The summed E-state index contributed by atoms with van der Waals surface area (Å²) in [4.78, 5) is 0. The first kappa shape index (κ1) is 9.22. The molecule has 1 aromatic carbocycles. The number of ether oxygens (including phenoxy) is 2. The van der Waals surface area contributed by atoms with Crippen molar-refractivity contribution < 1.29 is 9.47 Å². The highest BCUT2D eigenvalue weighted by Gasteiger charge is 2.55. The molecule has 2 heteroatoms. The molecule has 2 aliphatic heterocycles. The zero-order valence-corrected chi connectivity index (χ0v) is 9.25. The molecule has 1 fully saturated rings. The Morgan fingerprint density at radius 1 is 1.20 bits per heavy atom. The summed E-state index contributed by atoms with van der Waals surface area (Å²) in [5.74, 6) is 1.04. The summed E-state index contributed by atoms with van der Waals surface area (Å²) in [5.41, 5.74) is 1.29. The largest absolute Gasteiger partial charge is 0.492 e. The Balaban J connectivity index is 2.16. The molecule has 15 heavy (non-hydrogen) atoms. The summed E-state index contributed by atoms with van der Waals surface area (Å²) in [7, 11) is 0. The Bertz CT molecular complexity index is 397. The lowest BCUT2D eigenvalue weighted by atomic mass is 9.70. The van der Waals surface area contributed by atoms with Gasteiger partial charge in [0.05, 0.1) is 11.0 Å². The highest BCUT2D eigenvalue weighted by atomic mass is 16.5. The van der Waals surface area contributed by atoms with Crippen LogP contribution >= 0.6 is 0 Å². The predicted octanol–water partition coefficient (Wildman–Crippen LogP) is 2.52. The zero-order valence-electron chi connectivity index (χ0n) is 9.25. The number of rotatable bonds is 0. The van der Waals surface area contributed by atoms with Crippen molar-refractivity contribution in [3.8, 4) is 5.75 Å². The maximum absolute atomic E-state index is 5.85. The third-order valence-corrected chi connectivity index (χ3v) is 4.02. The minimum atomic E-state index is -0.112. The summed E-state index contributed by atoms with van der Waals surface area (Å²) in [6, 6.07) is 8.35. The summed E-state index contributed by atoms with van der Waals surface area (Å²) in [6.07, 6.45) is 1.07. The van der Waals surface area contributed by atoms with E-state index in [1.54, 1.807) is 0 Å². The molecule has 0 saturated carbocycles. The standard InChI is InChI=1S/C13H16O2/c1-12(2)13(7-8-15-12)9-14-11-6-4-3-5-10(11)13/h3-6H,7-9H2,1-2H3. The van der Waals surface area contributed by atoms with Crippen molar-refractivity contribution in [2.75, 3.05) is 13.2 Å². The number of hydrogen-bond acceptors (Lipinski definition) is 2. The van der Waals surface area contributed by atoms with Gasteiger partial charge in [-0.1, -0.05) is 18.2 Å². The molecule has 1 aromatic rings. The normalized spacial score (nSPS) is 31.6. The lowest BCUT2D eigenvalue weighted by molar-refractivity contribution is -0.00764. The summed E-state index contributed by atoms with van der Waals surface area (Å²) >= 11 is 0. The Hall–Kier alpha value is -1.02. The Kier molecular flexibility index (Phi) is 1.70. The molecule has 0 radical (unpaired) electrons. The zero-order chi connectivity index (χ0) is 10.5. The Labute approximate surface area is 90.2 Å². The molecular weight excluding hydrogens is 188 g/mol. The highest BCUT2D eigenvalue weighted by molar-refractivity contribution is 5.46. The summed E-state index contributed by atoms with van der Waals surface area (Å²) in [6.45, 7) is 5.95. The van der Waals surface area contributed by atoms with Gasteiger partial charge in [-0.15, -0.1) is 0 Å². The topological polar surface area (TPSA) is 18.5 Å². The third-order valence-electron chi connectivity index (χ3n) is 4.02. The van der Waals surface area contributed by atoms with Gasteiger partial charge in [0.25, 0.3) is 0 Å². The van der Waals surface area contributed by atoms with Crippen molar-refractivity contribution in [3.05, 3.63) is 29.8 Å². The minimum absolute atomic E-state index is 0.0730. The van der Waals surface area contributed by atoms with Gasteiger partial charge in [-0.2, -0.15) is 0 Å². The molecular formula is C13H16O2. The predicted molar refractivity (Wildman–Crippen MR) is 58.3 cm³/mol. The average molecular weight is 204 g/mol. The van der Waals surface area contributed by atoms with Crippen molar-refractivity contribution in [2.45, 2.75) is 31.3 Å². The van der Waals surface area contributed by atoms with Crippen LogP contribution in [0.25, 0.3) is 0 Å². The van der Waals surface area contributed by atoms with Crippen LogP contribution in [0, 0.1) is 0 Å². The van der Waals surface area contributed by atoms with Crippen LogP contribution in [-0.4, -0.2) is 18.8 Å². The second kappa shape index (κ2) is 2.76. The van der Waals surface area contributed by atoms with E-state index < -0.39 is 0 Å². The average Bonchev–Trinajstić information content (AvgIpc) is 2.72. The van der Waals surface area contributed by atoms with Crippen LogP contribution in [0.3, 0.4) is 0 Å². The van der Waals surface area contributed by atoms with Crippen LogP contribution in [0.4, 0.5) is 0 Å². The monoisotopic (exact) mass is 204 g/mol. The van der Waals surface area contributed by atoms with E-state index >= 15 is 0 Å². The van der Waals surface area contributed by atoms with Crippen molar-refractivity contribution in [1.82, 2.24) is 0 Å². The van der Waals surface area contributed by atoms with E-state index in [9.17, 15) is 0 Å². The SMILES string of the molecule is CC1(C)OCCC12COc1ccccc12. The van der Waals surface area contributed by atoms with Crippen LogP contribution < -0.4 is 4.74 Å². The van der Waals surface area contributed by atoms with Gasteiger partial charge in [-0.3, -0.25) is 0 Å². The first-order valence-corrected chi connectivity index (χ1v) is 5.52. The fourth-order valence-electron chi connectivity index (χ4n) is 2.89. The summed E-state index contributed by atoms with van der Waals surface area (Å²) < 4.78 is 11.6. The molecule has 1 spiro atoms. The smallest absolute Gasteiger partial charge is 0.123 e. The van der Waals surface area contributed by atoms with E-state index in [4.69, 9.17) is 9.47 Å². The fourth-order valence-corrected chi connectivity index (χ4v) is 2.89. The van der Waals surface area contributed by atoms with Gasteiger partial charge in [0.2, 0.25) is 0 Å². The molecule has 0 amide bonds. The first-order valence-electron chi connectivity index (χ1n) is 5.52. The van der Waals surface area contributed by atoms with Crippen molar-refractivity contribution in [2.24, 2.45) is 0 Å². The van der Waals surface area contributed by atoms with E-state index in [-0.39, 0.29) is 11.0 Å². The van der Waals surface area contributed by atoms with Crippen molar-refractivity contribution in [1.29, 1.82) is 0 Å². The van der Waals surface area contributed by atoms with E-state index in [1.807, 2.05) is 6.07 Å². The fraction of sp³-hybridized carbons (Fsp3) is 0.538. The lowest BCUT2D eigenvalue weighted by Gasteiger charge is -2.35. The maximum Gasteiger partial charge on any atom is 0.123 e. The number of benzene rings is 1. The molecule has 2 heterocycles. The molecule has 2 aliphatic rings. The van der Waals surface area contributed by atoms with Crippen LogP contribution in [0.2, 0.25) is 0 Å². The molecule has 1 unspecified atom stereocenters. The molecule has 2 nitrogen and oxygen atoms in total. The molecule has 1 atom stereocenters. The van der Waals surface area contributed by atoms with E-state index in [0.717, 1.165) is 25.4 Å². The number of para-hydroxylation sites is 1. The number of fused-ring (bicyclic) bond motifs is 2. The molecule has 0 aliphatic carbocycles. The Morgan fingerprint density at radius 3 is 2.73 bits per heavy atom. The summed E-state index contributed by atoms with van der Waals surface area (Å²) in [5, 5.41) is 0. The van der Waals surface area contributed by atoms with Gasteiger partial charge in [-0.05, 0) is 26.3 Å². The van der Waals surface area contributed by atoms with Crippen LogP contribution in [-0.2, 0) is 10.2 Å². The quantitative estimate of drug-likeness (QED) is 0.646. The lowest BCUT2D eigenvalue weighted by Crippen LogP contribution is -2.45. The highest BCUT2D eigenvalue weighted by Crippen LogP contribution is 2.52. The second-order valence-electron chi connectivity index (χ2n) is 4.98. The van der Waals surface area contributed by atoms with Gasteiger partial charge < -0.3 is 9.47 Å². The molecule has 0 aromatic heterocycles. The first-order chi connectivity index (χ1) is 7.16. The van der Waals surface area contributed by atoms with Crippen LogP contribution in [0.15, 0.2) is 24.3 Å².